The number of rotatable bonds is 5. The van der Waals surface area contributed by atoms with Crippen LogP contribution in [-0.2, 0) is 15.1 Å². The summed E-state index contributed by atoms with van der Waals surface area (Å²) >= 11 is 1.57. The number of aliphatic hydroxyl groups is 1. The Morgan fingerprint density at radius 1 is 1.29 bits per heavy atom. The van der Waals surface area contributed by atoms with Gasteiger partial charge in [-0.05, 0) is 36.3 Å². The van der Waals surface area contributed by atoms with E-state index in [0.29, 0.717) is 0 Å². The number of halogens is 2. The molecule has 186 valence electrons. The van der Waals surface area contributed by atoms with E-state index in [0.717, 1.165) is 39.4 Å². The molecule has 1 aromatic carbocycles. The summed E-state index contributed by atoms with van der Waals surface area (Å²) in [5, 5.41) is 13.1. The van der Waals surface area contributed by atoms with Crippen molar-refractivity contribution in [3.05, 3.63) is 41.0 Å². The minimum Gasteiger partial charge on any atom is -0.388 e. The quantitative estimate of drug-likeness (QED) is 0.573. The van der Waals surface area contributed by atoms with Crippen LogP contribution in [0.1, 0.15) is 44.9 Å². The monoisotopic (exact) mass is 510 g/mol. The van der Waals surface area contributed by atoms with E-state index in [2.05, 4.69) is 10.3 Å². The molecule has 1 aromatic heterocycles. The molecule has 4 rings (SSSR count). The zero-order valence-corrected chi connectivity index (χ0v) is 21.4. The molecule has 4 N–H and O–H groups in total. The normalized spacial score (nSPS) is 24.3. The number of hydrogen-bond acceptors (Lipinski definition) is 6. The van der Waals surface area contributed by atoms with Crippen molar-refractivity contribution in [3.63, 3.8) is 0 Å². The Bertz CT molecular complexity index is 1050. The summed E-state index contributed by atoms with van der Waals surface area (Å²) in [5.41, 5.74) is 9.70. The number of nitrogens with one attached hydrogen (secondary N) is 1. The number of β-amino-alcohol motifs (C(OH)–C–C–N with tert-alkyl or cyclic N) is 1. The van der Waals surface area contributed by atoms with E-state index in [-0.39, 0.29) is 19.0 Å². The molecule has 1 saturated heterocycles. The molecule has 1 unspecified atom stereocenters. The molecule has 34 heavy (non-hydrogen) atoms. The molecule has 2 fully saturated rings. The van der Waals surface area contributed by atoms with Gasteiger partial charge in [-0.3, -0.25) is 9.59 Å². The first-order chi connectivity index (χ1) is 15.4. The number of likely N-dealkylation sites (tertiary alicyclic amines) is 1. The predicted molar refractivity (Wildman–Crippen MR) is 132 cm³/mol. The van der Waals surface area contributed by atoms with Crippen LogP contribution in [0.2, 0.25) is 0 Å². The lowest BCUT2D eigenvalue weighted by Crippen LogP contribution is -2.57. The van der Waals surface area contributed by atoms with Gasteiger partial charge >= 0.3 is 0 Å². The number of nitrogens with zero attached hydrogens (tertiary/aromatic N) is 2. The second kappa shape index (κ2) is 9.53. The first-order valence-electron chi connectivity index (χ1n) is 11.2. The molecule has 0 bridgehead atoms. The first kappa shape index (κ1) is 26.5. The Morgan fingerprint density at radius 3 is 2.41 bits per heavy atom. The Hall–Kier alpha value is -2.07. The van der Waals surface area contributed by atoms with Crippen LogP contribution in [0.4, 0.5) is 4.39 Å². The Morgan fingerprint density at radius 2 is 1.91 bits per heavy atom. The topological polar surface area (TPSA) is 109 Å². The zero-order chi connectivity index (χ0) is 24.1. The number of aliphatic hydroxyl groups excluding tert-OH is 1. The van der Waals surface area contributed by atoms with Crippen LogP contribution in [0.15, 0.2) is 29.8 Å². The van der Waals surface area contributed by atoms with E-state index in [9.17, 15) is 19.1 Å². The van der Waals surface area contributed by atoms with Gasteiger partial charge in [-0.2, -0.15) is 0 Å². The fourth-order valence-corrected chi connectivity index (χ4v) is 5.11. The van der Waals surface area contributed by atoms with Gasteiger partial charge in [0.1, 0.15) is 12.1 Å². The number of carbonyl (C=O) groups is 2. The molecule has 1 aliphatic carbocycles. The highest BCUT2D eigenvalue weighted by molar-refractivity contribution is 7.13. The number of carbonyl (C=O) groups excluding carboxylic acids is 2. The molecule has 2 heterocycles. The van der Waals surface area contributed by atoms with Crippen LogP contribution in [0.3, 0.4) is 0 Å². The highest BCUT2D eigenvalue weighted by Gasteiger charge is 2.53. The van der Waals surface area contributed by atoms with Crippen molar-refractivity contribution >= 4 is 35.6 Å². The van der Waals surface area contributed by atoms with Gasteiger partial charge in [-0.1, -0.05) is 45.0 Å². The molecule has 2 amide bonds. The number of hydrogen-bond donors (Lipinski definition) is 3. The van der Waals surface area contributed by atoms with E-state index >= 15 is 0 Å². The van der Waals surface area contributed by atoms with Crippen LogP contribution in [0.5, 0.6) is 0 Å². The third-order valence-corrected chi connectivity index (χ3v) is 7.67. The smallest absolute Gasteiger partial charge is 0.246 e. The predicted octanol–water partition coefficient (Wildman–Crippen LogP) is 2.93. The van der Waals surface area contributed by atoms with Gasteiger partial charge in [0.2, 0.25) is 11.8 Å². The van der Waals surface area contributed by atoms with Gasteiger partial charge in [0, 0.05) is 0 Å². The van der Waals surface area contributed by atoms with Crippen LogP contribution < -0.4 is 11.1 Å². The fourth-order valence-electron chi connectivity index (χ4n) is 4.30. The van der Waals surface area contributed by atoms with Crippen LogP contribution in [0, 0.1) is 12.3 Å². The number of amides is 2. The first-order valence-corrected chi connectivity index (χ1v) is 12.0. The Labute approximate surface area is 209 Å². The van der Waals surface area contributed by atoms with Crippen LogP contribution in [0.25, 0.3) is 10.4 Å². The third-order valence-electron chi connectivity index (χ3n) is 6.70. The highest BCUT2D eigenvalue weighted by Crippen LogP contribution is 2.46. The number of benzene rings is 1. The summed E-state index contributed by atoms with van der Waals surface area (Å²) in [6, 6.07) is 5.61. The molecule has 1 aliphatic heterocycles. The summed E-state index contributed by atoms with van der Waals surface area (Å²) in [5.74, 6) is -1.13. The summed E-state index contributed by atoms with van der Waals surface area (Å²) in [7, 11) is 0. The van der Waals surface area contributed by atoms with Gasteiger partial charge in [0.25, 0.3) is 0 Å². The molecular weight excluding hydrogens is 479 g/mol. The van der Waals surface area contributed by atoms with E-state index in [1.165, 1.54) is 0 Å². The summed E-state index contributed by atoms with van der Waals surface area (Å²) in [4.78, 5) is 32.7. The van der Waals surface area contributed by atoms with Crippen molar-refractivity contribution in [2.45, 2.75) is 70.4 Å². The number of alkyl halides is 1. The minimum absolute atomic E-state index is 0. The van der Waals surface area contributed by atoms with E-state index in [1.807, 2.05) is 36.7 Å². The maximum atomic E-state index is 14.9. The summed E-state index contributed by atoms with van der Waals surface area (Å²) in [6.45, 7) is 7.13. The lowest BCUT2D eigenvalue weighted by Gasteiger charge is -2.33. The van der Waals surface area contributed by atoms with Gasteiger partial charge < -0.3 is 21.1 Å². The molecule has 2 aromatic rings. The molecule has 10 heteroatoms. The van der Waals surface area contributed by atoms with Gasteiger partial charge in [-0.15, -0.1) is 23.7 Å². The SMILES string of the molecule is Cc1ncsc1-c1ccc(C2(NC(=O)[C@@H]3[C@@H](F)[C@@H](O)CN3C(=O)C(N)C(C)(C)C)CC2)cc1.Cl. The second-order valence-electron chi connectivity index (χ2n) is 10.2. The van der Waals surface area contributed by atoms with Crippen molar-refractivity contribution in [2.24, 2.45) is 11.1 Å². The zero-order valence-electron chi connectivity index (χ0n) is 19.7. The summed E-state index contributed by atoms with van der Waals surface area (Å²) in [6.07, 6.45) is -1.85. The lowest BCUT2D eigenvalue weighted by atomic mass is 9.86. The molecule has 0 spiro atoms. The van der Waals surface area contributed by atoms with Gasteiger partial charge in [0.05, 0.1) is 34.2 Å². The summed E-state index contributed by atoms with van der Waals surface area (Å²) < 4.78 is 14.9. The number of aromatic nitrogens is 1. The van der Waals surface area contributed by atoms with Crippen molar-refractivity contribution in [3.8, 4) is 10.4 Å². The van der Waals surface area contributed by atoms with Crippen LogP contribution >= 0.6 is 23.7 Å². The maximum Gasteiger partial charge on any atom is 0.246 e. The highest BCUT2D eigenvalue weighted by atomic mass is 35.5. The van der Waals surface area contributed by atoms with Crippen molar-refractivity contribution in [2.75, 3.05) is 6.54 Å². The Kier molecular flexibility index (Phi) is 7.43. The van der Waals surface area contributed by atoms with Crippen LogP contribution in [-0.4, -0.2) is 57.7 Å². The standard InChI is InChI=1S/C24H31FN4O3S.ClH/c1-13-19(33-12-27-13)14-5-7-15(8-6-14)24(9-10-24)28-21(31)18-17(25)16(30)11-29(18)22(32)20(26)23(2,3)4;/h5-8,12,16-18,20,30H,9-11,26H2,1-4H3,(H,28,31);1H/t16-,17-,18-,20?;/m0./s1. The lowest BCUT2D eigenvalue weighted by molar-refractivity contribution is -0.142. The molecule has 0 radical (unpaired) electrons. The van der Waals surface area contributed by atoms with E-state index in [1.54, 1.807) is 32.1 Å². The van der Waals surface area contributed by atoms with Gasteiger partial charge in [0.15, 0.2) is 6.17 Å². The van der Waals surface area contributed by atoms with Crippen molar-refractivity contribution in [1.82, 2.24) is 15.2 Å². The molecule has 1 saturated carbocycles. The second-order valence-corrected chi connectivity index (χ2v) is 11.1. The average Bonchev–Trinajstić information content (AvgIpc) is 3.31. The number of thiazole rings is 1. The largest absolute Gasteiger partial charge is 0.388 e. The molecule has 4 atom stereocenters. The van der Waals surface area contributed by atoms with Crippen molar-refractivity contribution < 1.29 is 19.1 Å². The van der Waals surface area contributed by atoms with E-state index < -0.39 is 47.1 Å². The molecular formula is C24H32ClFN4O3S. The molecule has 2 aliphatic rings. The number of nitrogens with two attached hydrogens (primary N) is 1. The fraction of sp³-hybridized carbons (Fsp3) is 0.542. The number of aryl methyl sites for hydroxylation is 1. The maximum absolute atomic E-state index is 14.9. The van der Waals surface area contributed by atoms with Crippen molar-refractivity contribution in [1.29, 1.82) is 0 Å². The van der Waals surface area contributed by atoms with Gasteiger partial charge in [-0.25, -0.2) is 9.37 Å². The average molecular weight is 511 g/mol. The minimum atomic E-state index is -1.87. The van der Waals surface area contributed by atoms with E-state index in [4.69, 9.17) is 5.73 Å². The molecule has 7 nitrogen and oxygen atoms in total. The third kappa shape index (κ3) is 4.84. The Balaban J connectivity index is 0.00000324.